The third-order valence-electron chi connectivity index (χ3n) is 5.32. The Bertz CT molecular complexity index is 731. The molecule has 1 unspecified atom stereocenters. The van der Waals surface area contributed by atoms with Crippen molar-refractivity contribution in [3.8, 4) is 0 Å². The minimum absolute atomic E-state index is 0.108. The highest BCUT2D eigenvalue weighted by Crippen LogP contribution is 2.26. The van der Waals surface area contributed by atoms with Crippen LogP contribution in [0, 0.1) is 5.92 Å². The largest absolute Gasteiger partial charge is 0.340 e. The van der Waals surface area contributed by atoms with Crippen LogP contribution in [-0.4, -0.2) is 74.2 Å². The first-order valence-corrected chi connectivity index (χ1v) is 11.4. The van der Waals surface area contributed by atoms with Gasteiger partial charge in [0.15, 0.2) is 0 Å². The van der Waals surface area contributed by atoms with Gasteiger partial charge in [0.25, 0.3) is 0 Å². The molecule has 1 aromatic rings. The standard InChI is InChI=1S/C18H26BrN3O3S/c1-2-20-10-12-21(13-11-20)18(23)15-4-3-9-22(14-15)26(24,25)17-7-5-16(19)6-8-17/h5-8,15H,2-4,9-14H2,1H3. The summed E-state index contributed by atoms with van der Waals surface area (Å²) in [5, 5.41) is 0. The number of piperazine rings is 1. The lowest BCUT2D eigenvalue weighted by Gasteiger charge is -2.38. The minimum atomic E-state index is -3.56. The Morgan fingerprint density at radius 3 is 2.38 bits per heavy atom. The Labute approximate surface area is 164 Å². The second kappa shape index (κ2) is 8.37. The number of amides is 1. The highest BCUT2D eigenvalue weighted by atomic mass is 79.9. The average Bonchev–Trinajstić information content (AvgIpc) is 2.68. The molecule has 6 nitrogen and oxygen atoms in total. The Kier molecular flexibility index (Phi) is 6.37. The maximum Gasteiger partial charge on any atom is 0.243 e. The molecule has 2 fully saturated rings. The summed E-state index contributed by atoms with van der Waals surface area (Å²) in [5.41, 5.74) is 0. The molecule has 1 aromatic carbocycles. The van der Waals surface area contributed by atoms with Crippen molar-refractivity contribution >= 4 is 31.9 Å². The fourth-order valence-corrected chi connectivity index (χ4v) is 5.45. The van der Waals surface area contributed by atoms with Gasteiger partial charge in [0, 0.05) is 43.7 Å². The normalized spacial score (nSPS) is 23.2. The Morgan fingerprint density at radius 2 is 1.77 bits per heavy atom. The SMILES string of the molecule is CCN1CCN(C(=O)C2CCCN(S(=O)(=O)c3ccc(Br)cc3)C2)CC1. The van der Waals surface area contributed by atoms with Crippen molar-refractivity contribution in [3.05, 3.63) is 28.7 Å². The fraction of sp³-hybridized carbons (Fsp3) is 0.611. The van der Waals surface area contributed by atoms with Crippen LogP contribution in [0.1, 0.15) is 19.8 Å². The molecule has 0 aliphatic carbocycles. The summed E-state index contributed by atoms with van der Waals surface area (Å²) in [6.45, 7) is 7.17. The molecule has 0 saturated carbocycles. The predicted octanol–water partition coefficient (Wildman–Crippen LogP) is 2.01. The number of piperidine rings is 1. The van der Waals surface area contributed by atoms with Crippen molar-refractivity contribution < 1.29 is 13.2 Å². The van der Waals surface area contributed by atoms with Crippen LogP contribution in [0.3, 0.4) is 0 Å². The van der Waals surface area contributed by atoms with E-state index in [1.165, 1.54) is 4.31 Å². The molecule has 0 aromatic heterocycles. The van der Waals surface area contributed by atoms with E-state index in [0.717, 1.165) is 50.0 Å². The first kappa shape index (κ1) is 19.8. The van der Waals surface area contributed by atoms with Gasteiger partial charge in [-0.05, 0) is 43.7 Å². The smallest absolute Gasteiger partial charge is 0.243 e. The molecule has 3 rings (SSSR count). The summed E-state index contributed by atoms with van der Waals surface area (Å²) in [6, 6.07) is 6.67. The topological polar surface area (TPSA) is 60.9 Å². The van der Waals surface area contributed by atoms with Crippen molar-refractivity contribution in [2.24, 2.45) is 5.92 Å². The molecule has 144 valence electrons. The second-order valence-corrected chi connectivity index (χ2v) is 9.77. The number of rotatable bonds is 4. The number of carbonyl (C=O) groups excluding carboxylic acids is 1. The van der Waals surface area contributed by atoms with Crippen LogP contribution in [0.5, 0.6) is 0 Å². The Hall–Kier alpha value is -0.960. The van der Waals surface area contributed by atoms with Gasteiger partial charge in [-0.15, -0.1) is 0 Å². The number of sulfonamides is 1. The number of likely N-dealkylation sites (N-methyl/N-ethyl adjacent to an activating group) is 1. The van der Waals surface area contributed by atoms with Crippen molar-refractivity contribution in [1.82, 2.24) is 14.1 Å². The molecule has 8 heteroatoms. The number of hydrogen-bond donors (Lipinski definition) is 0. The van der Waals surface area contributed by atoms with Crippen molar-refractivity contribution in [2.75, 3.05) is 45.8 Å². The number of nitrogens with zero attached hydrogens (tertiary/aromatic N) is 3. The lowest BCUT2D eigenvalue weighted by molar-refractivity contribution is -0.138. The first-order chi connectivity index (χ1) is 12.4. The molecule has 0 radical (unpaired) electrons. The van der Waals surface area contributed by atoms with E-state index in [9.17, 15) is 13.2 Å². The van der Waals surface area contributed by atoms with Crippen molar-refractivity contribution in [1.29, 1.82) is 0 Å². The van der Waals surface area contributed by atoms with E-state index in [1.807, 2.05) is 4.90 Å². The zero-order valence-corrected chi connectivity index (χ0v) is 17.5. The molecule has 1 atom stereocenters. The number of hydrogen-bond acceptors (Lipinski definition) is 4. The molecule has 0 N–H and O–H groups in total. The zero-order chi connectivity index (χ0) is 18.7. The van der Waals surface area contributed by atoms with Crippen LogP contribution in [0.4, 0.5) is 0 Å². The van der Waals surface area contributed by atoms with Gasteiger partial charge < -0.3 is 9.80 Å². The van der Waals surface area contributed by atoms with Crippen LogP contribution in [-0.2, 0) is 14.8 Å². The number of halogens is 1. The summed E-state index contributed by atoms with van der Waals surface area (Å²) in [5.74, 6) is -0.126. The minimum Gasteiger partial charge on any atom is -0.340 e. The van der Waals surface area contributed by atoms with Gasteiger partial charge in [-0.1, -0.05) is 22.9 Å². The molecule has 2 aliphatic heterocycles. The monoisotopic (exact) mass is 443 g/mol. The van der Waals surface area contributed by atoms with Crippen LogP contribution in [0.15, 0.2) is 33.6 Å². The summed E-state index contributed by atoms with van der Waals surface area (Å²) in [6.07, 6.45) is 1.49. The molecule has 1 amide bonds. The summed E-state index contributed by atoms with van der Waals surface area (Å²) >= 11 is 3.33. The molecule has 2 saturated heterocycles. The van der Waals surface area contributed by atoms with E-state index in [2.05, 4.69) is 27.8 Å². The second-order valence-electron chi connectivity index (χ2n) is 6.92. The highest BCUT2D eigenvalue weighted by Gasteiger charge is 2.35. The molecule has 2 heterocycles. The zero-order valence-electron chi connectivity index (χ0n) is 15.1. The number of benzene rings is 1. The predicted molar refractivity (Wildman–Crippen MR) is 104 cm³/mol. The lowest BCUT2D eigenvalue weighted by Crippen LogP contribution is -2.52. The quantitative estimate of drug-likeness (QED) is 0.713. The van der Waals surface area contributed by atoms with Crippen molar-refractivity contribution in [2.45, 2.75) is 24.7 Å². The number of carbonyl (C=O) groups is 1. The lowest BCUT2D eigenvalue weighted by atomic mass is 9.98. The van der Waals surface area contributed by atoms with Crippen LogP contribution in [0.2, 0.25) is 0 Å². The molecular formula is C18H26BrN3O3S. The molecule has 0 bridgehead atoms. The van der Waals surface area contributed by atoms with E-state index < -0.39 is 10.0 Å². The maximum absolute atomic E-state index is 12.9. The van der Waals surface area contributed by atoms with Gasteiger partial charge in [-0.25, -0.2) is 8.42 Å². The molecule has 2 aliphatic rings. The summed E-state index contributed by atoms with van der Waals surface area (Å²) < 4.78 is 28.1. The Balaban J connectivity index is 1.67. The van der Waals surface area contributed by atoms with E-state index >= 15 is 0 Å². The van der Waals surface area contributed by atoms with Crippen LogP contribution in [0.25, 0.3) is 0 Å². The third-order valence-corrected chi connectivity index (χ3v) is 7.72. The fourth-order valence-electron chi connectivity index (χ4n) is 3.66. The van der Waals surface area contributed by atoms with Gasteiger partial charge in [-0.2, -0.15) is 4.31 Å². The van der Waals surface area contributed by atoms with E-state index in [1.54, 1.807) is 24.3 Å². The average molecular weight is 444 g/mol. The van der Waals surface area contributed by atoms with Gasteiger partial charge >= 0.3 is 0 Å². The third kappa shape index (κ3) is 4.30. The maximum atomic E-state index is 12.9. The van der Waals surface area contributed by atoms with Gasteiger partial charge in [0.1, 0.15) is 0 Å². The highest BCUT2D eigenvalue weighted by molar-refractivity contribution is 9.10. The molecular weight excluding hydrogens is 418 g/mol. The first-order valence-electron chi connectivity index (χ1n) is 9.18. The Morgan fingerprint density at radius 1 is 1.12 bits per heavy atom. The molecule has 26 heavy (non-hydrogen) atoms. The summed E-state index contributed by atoms with van der Waals surface area (Å²) in [4.78, 5) is 17.4. The summed E-state index contributed by atoms with van der Waals surface area (Å²) in [7, 11) is -3.56. The van der Waals surface area contributed by atoms with Crippen molar-refractivity contribution in [3.63, 3.8) is 0 Å². The van der Waals surface area contributed by atoms with Gasteiger partial charge in [-0.3, -0.25) is 4.79 Å². The van der Waals surface area contributed by atoms with Gasteiger partial charge in [0.2, 0.25) is 15.9 Å². The van der Waals surface area contributed by atoms with E-state index in [-0.39, 0.29) is 23.3 Å². The molecule has 0 spiro atoms. The van der Waals surface area contributed by atoms with Gasteiger partial charge in [0.05, 0.1) is 10.8 Å². The van der Waals surface area contributed by atoms with E-state index in [0.29, 0.717) is 6.54 Å². The van der Waals surface area contributed by atoms with E-state index in [4.69, 9.17) is 0 Å². The van der Waals surface area contributed by atoms with Crippen LogP contribution < -0.4 is 0 Å². The van der Waals surface area contributed by atoms with Crippen LogP contribution >= 0.6 is 15.9 Å².